The second-order valence-electron chi connectivity index (χ2n) is 8.24. The summed E-state index contributed by atoms with van der Waals surface area (Å²) in [6.07, 6.45) is 0. The molecule has 1 heteroatoms. The first-order valence-electron chi connectivity index (χ1n) is 10.8. The Morgan fingerprint density at radius 2 is 0.968 bits per heavy atom. The van der Waals surface area contributed by atoms with Gasteiger partial charge in [-0.05, 0) is 60.6 Å². The topological polar surface area (TPSA) is 0 Å². The molecule has 0 aliphatic rings. The first-order valence-corrected chi connectivity index (χ1v) is 10.8. The van der Waals surface area contributed by atoms with Crippen molar-refractivity contribution in [1.82, 2.24) is 0 Å². The number of fused-ring (bicyclic) bond motifs is 3. The van der Waals surface area contributed by atoms with Gasteiger partial charge < -0.3 is 0 Å². The summed E-state index contributed by atoms with van der Waals surface area (Å²) in [5.74, 6) is 0. The van der Waals surface area contributed by atoms with Gasteiger partial charge in [-0.2, -0.15) is 0 Å². The molecule has 0 radical (unpaired) electrons. The summed E-state index contributed by atoms with van der Waals surface area (Å²) in [6.45, 7) is 0. The van der Waals surface area contributed by atoms with Crippen molar-refractivity contribution >= 4 is 45.6 Å². The lowest BCUT2D eigenvalue weighted by molar-refractivity contribution is 1.67. The van der Waals surface area contributed by atoms with E-state index in [0.717, 1.165) is 0 Å². The highest BCUT2D eigenvalue weighted by atomic mass is 14.1. The Labute approximate surface area is 183 Å². The lowest BCUT2D eigenvalue weighted by Gasteiger charge is -2.14. The first kappa shape index (κ1) is 18.0. The van der Waals surface area contributed by atoms with Gasteiger partial charge in [-0.1, -0.05) is 115 Å². The minimum Gasteiger partial charge on any atom is -0.0812 e. The minimum atomic E-state index is 1.26. The van der Waals surface area contributed by atoms with Gasteiger partial charge in [0.05, 0.1) is 0 Å². The van der Waals surface area contributed by atoms with Crippen LogP contribution in [0.15, 0.2) is 115 Å². The lowest BCUT2D eigenvalue weighted by Crippen LogP contribution is -2.04. The molecule has 0 nitrogen and oxygen atoms in total. The highest BCUT2D eigenvalue weighted by molar-refractivity contribution is 6.39. The van der Waals surface area contributed by atoms with Gasteiger partial charge in [0.2, 0.25) is 0 Å². The van der Waals surface area contributed by atoms with Crippen LogP contribution >= 0.6 is 0 Å². The number of rotatable bonds is 2. The Kier molecular flexibility index (Phi) is 4.14. The van der Waals surface area contributed by atoms with E-state index in [1.54, 1.807) is 0 Å². The second-order valence-corrected chi connectivity index (χ2v) is 8.24. The van der Waals surface area contributed by atoms with Crippen molar-refractivity contribution in [3.63, 3.8) is 0 Å². The molecule has 0 amide bonds. The highest BCUT2D eigenvalue weighted by Crippen LogP contribution is 2.36. The van der Waals surface area contributed by atoms with E-state index in [1.165, 1.54) is 60.0 Å². The van der Waals surface area contributed by atoms with Crippen LogP contribution in [0.4, 0.5) is 0 Å². The normalized spacial score (nSPS) is 11.4. The zero-order chi connectivity index (χ0) is 20.8. The average molecular weight is 392 g/mol. The molecule has 0 aliphatic carbocycles. The van der Waals surface area contributed by atoms with E-state index in [-0.39, 0.29) is 0 Å². The van der Waals surface area contributed by atoms with Crippen LogP contribution in [0.1, 0.15) is 0 Å². The van der Waals surface area contributed by atoms with Gasteiger partial charge >= 0.3 is 0 Å². The number of hydrogen-bond donors (Lipinski definition) is 0. The molecule has 0 unspecified atom stereocenters. The van der Waals surface area contributed by atoms with Crippen LogP contribution in [-0.4, -0.2) is 7.85 Å². The van der Waals surface area contributed by atoms with E-state index in [1.807, 2.05) is 0 Å². The van der Waals surface area contributed by atoms with Crippen molar-refractivity contribution in [2.75, 3.05) is 0 Å². The highest BCUT2D eigenvalue weighted by Gasteiger charge is 2.11. The zero-order valence-corrected chi connectivity index (χ0v) is 17.5. The lowest BCUT2D eigenvalue weighted by atomic mass is 9.84. The van der Waals surface area contributed by atoms with E-state index in [0.29, 0.717) is 0 Å². The van der Waals surface area contributed by atoms with Crippen LogP contribution in [0.2, 0.25) is 0 Å². The van der Waals surface area contributed by atoms with Crippen LogP contribution in [-0.2, 0) is 0 Å². The van der Waals surface area contributed by atoms with E-state index < -0.39 is 0 Å². The van der Waals surface area contributed by atoms with Crippen molar-refractivity contribution in [3.8, 4) is 22.3 Å². The SMILES string of the molecule is Bc1ccc(-c2cccc3ccccc23)c2cc(-c3cccc4ccccc34)ccc12. The summed E-state index contributed by atoms with van der Waals surface area (Å²) in [4.78, 5) is 0. The third kappa shape index (κ3) is 2.93. The van der Waals surface area contributed by atoms with Crippen LogP contribution in [0, 0.1) is 0 Å². The Bertz CT molecular complexity index is 1580. The summed E-state index contributed by atoms with van der Waals surface area (Å²) in [7, 11) is 2.20. The number of benzene rings is 6. The summed E-state index contributed by atoms with van der Waals surface area (Å²) in [6, 6.07) is 41.9. The Balaban J connectivity index is 1.66. The van der Waals surface area contributed by atoms with Crippen LogP contribution in [0.5, 0.6) is 0 Å². The van der Waals surface area contributed by atoms with Crippen LogP contribution < -0.4 is 5.46 Å². The fourth-order valence-corrected chi connectivity index (χ4v) is 4.84. The van der Waals surface area contributed by atoms with Gasteiger partial charge in [0.15, 0.2) is 0 Å². The molecule has 6 aromatic carbocycles. The maximum atomic E-state index is 2.38. The molecule has 0 saturated heterocycles. The van der Waals surface area contributed by atoms with E-state index in [9.17, 15) is 0 Å². The maximum Gasteiger partial charge on any atom is 0.140 e. The molecule has 0 heterocycles. The fraction of sp³-hybridized carbons (Fsp3) is 0. The molecule has 6 rings (SSSR count). The monoisotopic (exact) mass is 392 g/mol. The van der Waals surface area contributed by atoms with Gasteiger partial charge in [0.25, 0.3) is 0 Å². The molecule has 6 aromatic rings. The molecule has 0 spiro atoms. The summed E-state index contributed by atoms with van der Waals surface area (Å²) >= 11 is 0. The molecule has 0 atom stereocenters. The van der Waals surface area contributed by atoms with Crippen LogP contribution in [0.3, 0.4) is 0 Å². The molecule has 0 N–H and O–H groups in total. The quantitative estimate of drug-likeness (QED) is 0.286. The van der Waals surface area contributed by atoms with Gasteiger partial charge in [-0.25, -0.2) is 0 Å². The third-order valence-corrected chi connectivity index (χ3v) is 6.42. The van der Waals surface area contributed by atoms with Gasteiger partial charge in [0.1, 0.15) is 7.85 Å². The molecular weight excluding hydrogens is 371 g/mol. The molecule has 31 heavy (non-hydrogen) atoms. The fourth-order valence-electron chi connectivity index (χ4n) is 4.84. The standard InChI is InChI=1S/C30H21B/c31-30-18-17-27(26-14-6-10-21-8-2-4-12-24(21)26)29-19-22(15-16-28(29)30)25-13-5-9-20-7-1-3-11-23(20)25/h1-19H,31H2. The second kappa shape index (κ2) is 7.14. The average Bonchev–Trinajstić information content (AvgIpc) is 2.83. The largest absolute Gasteiger partial charge is 0.140 e. The number of hydrogen-bond acceptors (Lipinski definition) is 0. The van der Waals surface area contributed by atoms with Crippen molar-refractivity contribution in [1.29, 1.82) is 0 Å². The Hall–Kier alpha value is -3.84. The van der Waals surface area contributed by atoms with Crippen LogP contribution in [0.25, 0.3) is 54.6 Å². The van der Waals surface area contributed by atoms with Gasteiger partial charge in [-0.15, -0.1) is 0 Å². The summed E-state index contributed by atoms with van der Waals surface area (Å²) < 4.78 is 0. The molecule has 0 aromatic heterocycles. The summed E-state index contributed by atoms with van der Waals surface area (Å²) in [5.41, 5.74) is 6.43. The van der Waals surface area contributed by atoms with Gasteiger partial charge in [-0.3, -0.25) is 0 Å². The van der Waals surface area contributed by atoms with Crippen molar-refractivity contribution in [2.45, 2.75) is 0 Å². The minimum absolute atomic E-state index is 1.26. The van der Waals surface area contributed by atoms with E-state index in [2.05, 4.69) is 123 Å². The molecule has 0 bridgehead atoms. The summed E-state index contributed by atoms with van der Waals surface area (Å²) in [5, 5.41) is 7.77. The van der Waals surface area contributed by atoms with E-state index in [4.69, 9.17) is 0 Å². The first-order chi connectivity index (χ1) is 15.3. The molecule has 0 fully saturated rings. The smallest absolute Gasteiger partial charge is 0.0812 e. The van der Waals surface area contributed by atoms with E-state index >= 15 is 0 Å². The Morgan fingerprint density at radius 3 is 1.71 bits per heavy atom. The third-order valence-electron chi connectivity index (χ3n) is 6.42. The van der Waals surface area contributed by atoms with Crippen molar-refractivity contribution < 1.29 is 0 Å². The van der Waals surface area contributed by atoms with Crippen molar-refractivity contribution in [3.05, 3.63) is 115 Å². The predicted molar refractivity (Wildman–Crippen MR) is 138 cm³/mol. The maximum absolute atomic E-state index is 2.38. The molecule has 144 valence electrons. The van der Waals surface area contributed by atoms with Crippen molar-refractivity contribution in [2.24, 2.45) is 0 Å². The molecule has 0 aliphatic heterocycles. The molecule has 0 saturated carbocycles. The predicted octanol–water partition coefficient (Wildman–Crippen LogP) is 6.74. The zero-order valence-electron chi connectivity index (χ0n) is 17.5. The van der Waals surface area contributed by atoms with Gasteiger partial charge in [0, 0.05) is 0 Å². The molecular formula is C30H21B. The Morgan fingerprint density at radius 1 is 0.387 bits per heavy atom.